The van der Waals surface area contributed by atoms with Crippen molar-refractivity contribution in [3.63, 3.8) is 0 Å². The van der Waals surface area contributed by atoms with Crippen LogP contribution in [0.25, 0.3) is 21.7 Å². The van der Waals surface area contributed by atoms with Crippen LogP contribution in [0.5, 0.6) is 0 Å². The molecule has 3 heterocycles. The zero-order valence-corrected chi connectivity index (χ0v) is 17.3. The molecule has 0 spiro atoms. The zero-order valence-electron chi connectivity index (χ0n) is 16.5. The molecular formula is C22H19N3O4S. The highest BCUT2D eigenvalue weighted by molar-refractivity contribution is 7.13. The lowest BCUT2D eigenvalue weighted by atomic mass is 10.1. The first-order valence-corrected chi connectivity index (χ1v) is 10.3. The SMILES string of the molecule is CCN(C(=O)COC(=O)c1cc(-c2cccs2)nc2onc(C)c12)c1ccccc1. The summed E-state index contributed by atoms with van der Waals surface area (Å²) in [7, 11) is 0. The maximum Gasteiger partial charge on any atom is 0.339 e. The van der Waals surface area contributed by atoms with Gasteiger partial charge in [0.25, 0.3) is 11.6 Å². The van der Waals surface area contributed by atoms with E-state index < -0.39 is 5.97 Å². The number of rotatable bonds is 6. The molecule has 0 unspecified atom stereocenters. The molecule has 0 aliphatic heterocycles. The largest absolute Gasteiger partial charge is 0.452 e. The second kappa shape index (κ2) is 8.46. The number of esters is 1. The number of anilines is 1. The molecule has 0 N–H and O–H groups in total. The molecule has 30 heavy (non-hydrogen) atoms. The van der Waals surface area contributed by atoms with E-state index in [1.54, 1.807) is 17.9 Å². The highest BCUT2D eigenvalue weighted by Crippen LogP contribution is 2.29. The number of nitrogens with zero attached hydrogens (tertiary/aromatic N) is 3. The maximum absolute atomic E-state index is 12.9. The average Bonchev–Trinajstić information content (AvgIpc) is 3.43. The third-order valence-corrected chi connectivity index (χ3v) is 5.51. The first kappa shape index (κ1) is 19.8. The molecule has 0 bridgehead atoms. The van der Waals surface area contributed by atoms with E-state index in [0.717, 1.165) is 10.6 Å². The molecule has 4 aromatic rings. The molecule has 0 saturated carbocycles. The van der Waals surface area contributed by atoms with Gasteiger partial charge in [-0.05, 0) is 43.5 Å². The maximum atomic E-state index is 12.9. The van der Waals surface area contributed by atoms with Gasteiger partial charge in [-0.15, -0.1) is 11.3 Å². The number of fused-ring (bicyclic) bond motifs is 1. The third-order valence-electron chi connectivity index (χ3n) is 4.62. The van der Waals surface area contributed by atoms with Gasteiger partial charge in [0.05, 0.1) is 27.2 Å². The van der Waals surface area contributed by atoms with E-state index in [2.05, 4.69) is 10.1 Å². The second-order valence-corrected chi connectivity index (χ2v) is 7.48. The fourth-order valence-electron chi connectivity index (χ4n) is 3.20. The van der Waals surface area contributed by atoms with Crippen LogP contribution in [0, 0.1) is 6.92 Å². The molecule has 152 valence electrons. The lowest BCUT2D eigenvalue weighted by Crippen LogP contribution is -2.34. The first-order chi connectivity index (χ1) is 14.6. The number of aryl methyl sites for hydroxylation is 1. The Labute approximate surface area is 176 Å². The fourth-order valence-corrected chi connectivity index (χ4v) is 3.89. The van der Waals surface area contributed by atoms with Gasteiger partial charge in [0, 0.05) is 12.2 Å². The van der Waals surface area contributed by atoms with Crippen molar-refractivity contribution in [1.29, 1.82) is 0 Å². The predicted molar refractivity (Wildman–Crippen MR) is 115 cm³/mol. The zero-order chi connectivity index (χ0) is 21.1. The van der Waals surface area contributed by atoms with E-state index in [0.29, 0.717) is 23.3 Å². The summed E-state index contributed by atoms with van der Waals surface area (Å²) in [5.74, 6) is -0.924. The molecule has 4 rings (SSSR count). The molecule has 0 atom stereocenters. The number of thiophene rings is 1. The summed E-state index contributed by atoms with van der Waals surface area (Å²) >= 11 is 1.50. The molecule has 0 fully saturated rings. The van der Waals surface area contributed by atoms with Gasteiger partial charge >= 0.3 is 5.97 Å². The van der Waals surface area contributed by atoms with Crippen LogP contribution >= 0.6 is 11.3 Å². The minimum Gasteiger partial charge on any atom is -0.452 e. The molecule has 3 aromatic heterocycles. The van der Waals surface area contributed by atoms with E-state index in [-0.39, 0.29) is 23.8 Å². The Morgan fingerprint density at radius 3 is 2.67 bits per heavy atom. The summed E-state index contributed by atoms with van der Waals surface area (Å²) in [6, 6.07) is 14.7. The van der Waals surface area contributed by atoms with Gasteiger partial charge in [-0.25, -0.2) is 9.78 Å². The minimum absolute atomic E-state index is 0.260. The van der Waals surface area contributed by atoms with Crippen molar-refractivity contribution in [1.82, 2.24) is 10.1 Å². The summed E-state index contributed by atoms with van der Waals surface area (Å²) < 4.78 is 10.7. The first-order valence-electron chi connectivity index (χ1n) is 9.42. The summed E-state index contributed by atoms with van der Waals surface area (Å²) in [5, 5.41) is 6.33. The standard InChI is InChI=1S/C22H19N3O4S/c1-3-25(15-8-5-4-6-9-15)19(26)13-28-22(27)16-12-17(18-10-7-11-30-18)23-21-20(16)14(2)24-29-21/h4-12H,3,13H2,1-2H3. The van der Waals surface area contributed by atoms with Crippen LogP contribution in [0.3, 0.4) is 0 Å². The molecular weight excluding hydrogens is 402 g/mol. The smallest absolute Gasteiger partial charge is 0.339 e. The van der Waals surface area contributed by atoms with Crippen LogP contribution in [-0.4, -0.2) is 35.2 Å². The van der Waals surface area contributed by atoms with Crippen molar-refractivity contribution in [3.8, 4) is 10.6 Å². The Morgan fingerprint density at radius 1 is 1.17 bits per heavy atom. The Morgan fingerprint density at radius 2 is 1.97 bits per heavy atom. The molecule has 1 aromatic carbocycles. The Hall–Kier alpha value is -3.52. The summed E-state index contributed by atoms with van der Waals surface area (Å²) in [5.41, 5.74) is 2.41. The molecule has 8 heteroatoms. The minimum atomic E-state index is -0.621. The van der Waals surface area contributed by atoms with Crippen LogP contribution in [0.1, 0.15) is 23.0 Å². The monoisotopic (exact) mass is 421 g/mol. The normalized spacial score (nSPS) is 10.9. The van der Waals surface area contributed by atoms with Crippen LogP contribution in [-0.2, 0) is 9.53 Å². The van der Waals surface area contributed by atoms with Crippen LogP contribution < -0.4 is 4.90 Å². The van der Waals surface area contributed by atoms with Gasteiger partial charge in [-0.1, -0.05) is 29.4 Å². The molecule has 0 radical (unpaired) electrons. The van der Waals surface area contributed by atoms with E-state index in [9.17, 15) is 9.59 Å². The van der Waals surface area contributed by atoms with Gasteiger partial charge in [0.2, 0.25) is 0 Å². The van der Waals surface area contributed by atoms with Crippen molar-refractivity contribution in [2.75, 3.05) is 18.1 Å². The fraction of sp³-hybridized carbons (Fsp3) is 0.182. The number of carbonyl (C=O) groups excluding carboxylic acids is 2. The molecule has 1 amide bonds. The Kier molecular flexibility index (Phi) is 5.58. The van der Waals surface area contributed by atoms with Gasteiger partial charge in [-0.2, -0.15) is 0 Å². The highest BCUT2D eigenvalue weighted by atomic mass is 32.1. The number of ether oxygens (including phenoxy) is 1. The van der Waals surface area contributed by atoms with Crippen molar-refractivity contribution >= 4 is 40.0 Å². The summed E-state index contributed by atoms with van der Waals surface area (Å²) in [4.78, 5) is 32.5. The Bertz CT molecular complexity index is 1190. The van der Waals surface area contributed by atoms with E-state index >= 15 is 0 Å². The molecule has 7 nitrogen and oxygen atoms in total. The third kappa shape index (κ3) is 3.81. The quantitative estimate of drug-likeness (QED) is 0.427. The second-order valence-electron chi connectivity index (χ2n) is 6.53. The van der Waals surface area contributed by atoms with E-state index in [1.165, 1.54) is 11.3 Å². The van der Waals surface area contributed by atoms with Crippen molar-refractivity contribution in [2.24, 2.45) is 0 Å². The number of hydrogen-bond acceptors (Lipinski definition) is 7. The van der Waals surface area contributed by atoms with Crippen molar-refractivity contribution in [2.45, 2.75) is 13.8 Å². The van der Waals surface area contributed by atoms with Crippen molar-refractivity contribution < 1.29 is 18.8 Å². The van der Waals surface area contributed by atoms with Gasteiger partial charge in [0.1, 0.15) is 0 Å². The van der Waals surface area contributed by atoms with Crippen LogP contribution in [0.4, 0.5) is 5.69 Å². The lowest BCUT2D eigenvalue weighted by molar-refractivity contribution is -0.121. The van der Waals surface area contributed by atoms with E-state index in [1.807, 2.05) is 54.8 Å². The summed E-state index contributed by atoms with van der Waals surface area (Å²) in [6.45, 7) is 3.69. The number of amides is 1. The van der Waals surface area contributed by atoms with E-state index in [4.69, 9.17) is 9.26 Å². The van der Waals surface area contributed by atoms with Crippen LogP contribution in [0.15, 0.2) is 58.4 Å². The molecule has 0 saturated heterocycles. The highest BCUT2D eigenvalue weighted by Gasteiger charge is 2.22. The number of para-hydroxylation sites is 1. The Balaban J connectivity index is 1.59. The average molecular weight is 421 g/mol. The lowest BCUT2D eigenvalue weighted by Gasteiger charge is -2.20. The number of carbonyl (C=O) groups is 2. The molecule has 0 aliphatic rings. The van der Waals surface area contributed by atoms with Crippen molar-refractivity contribution in [3.05, 3.63) is 65.2 Å². The van der Waals surface area contributed by atoms with Gasteiger partial charge in [-0.3, -0.25) is 4.79 Å². The van der Waals surface area contributed by atoms with Crippen LogP contribution in [0.2, 0.25) is 0 Å². The number of aromatic nitrogens is 2. The van der Waals surface area contributed by atoms with Gasteiger partial charge < -0.3 is 14.2 Å². The van der Waals surface area contributed by atoms with Gasteiger partial charge in [0.15, 0.2) is 6.61 Å². The topological polar surface area (TPSA) is 85.5 Å². The summed E-state index contributed by atoms with van der Waals surface area (Å²) in [6.07, 6.45) is 0. The molecule has 0 aliphatic carbocycles. The number of hydrogen-bond donors (Lipinski definition) is 0. The predicted octanol–water partition coefficient (Wildman–Crippen LogP) is 4.47. The number of likely N-dealkylation sites (N-methyl/N-ethyl adjacent to an activating group) is 1. The number of benzene rings is 1. The number of pyridine rings is 1.